The van der Waals surface area contributed by atoms with Gasteiger partial charge in [-0.05, 0) is 31.1 Å². The second-order valence-electron chi connectivity index (χ2n) is 6.08. The van der Waals surface area contributed by atoms with Crippen LogP contribution >= 0.6 is 0 Å². The van der Waals surface area contributed by atoms with E-state index in [1.54, 1.807) is 6.33 Å². The monoisotopic (exact) mass is 288 g/mol. The van der Waals surface area contributed by atoms with Gasteiger partial charge in [0.2, 0.25) is 5.96 Å². The molecule has 0 radical (unpaired) electrons. The number of rotatable bonds is 5. The third-order valence-corrected chi connectivity index (χ3v) is 3.85. The lowest BCUT2D eigenvalue weighted by Gasteiger charge is -2.14. The minimum atomic E-state index is 0.485. The molecule has 1 aliphatic carbocycles. The summed E-state index contributed by atoms with van der Waals surface area (Å²) < 4.78 is 0. The van der Waals surface area contributed by atoms with E-state index in [-0.39, 0.29) is 0 Å². The quantitative estimate of drug-likeness (QED) is 0.334. The highest BCUT2D eigenvalue weighted by Gasteiger charge is 2.26. The molecule has 2 rings (SSSR count). The first-order chi connectivity index (χ1) is 10.2. The molecule has 6 nitrogen and oxygen atoms in total. The molecule has 2 atom stereocenters. The van der Waals surface area contributed by atoms with Gasteiger partial charge in [-0.2, -0.15) is 5.26 Å². The van der Waals surface area contributed by atoms with Crippen molar-refractivity contribution in [3.05, 3.63) is 18.2 Å². The molecule has 1 aromatic heterocycles. The predicted molar refractivity (Wildman–Crippen MR) is 82.6 cm³/mol. The first-order valence-electron chi connectivity index (χ1n) is 7.60. The highest BCUT2D eigenvalue weighted by Crippen LogP contribution is 2.36. The molecule has 3 N–H and O–H groups in total. The van der Waals surface area contributed by atoms with E-state index >= 15 is 0 Å². The maximum absolute atomic E-state index is 8.77. The smallest absolute Gasteiger partial charge is 0.204 e. The van der Waals surface area contributed by atoms with Gasteiger partial charge < -0.3 is 10.3 Å². The van der Waals surface area contributed by atoms with Crippen molar-refractivity contribution in [2.75, 3.05) is 13.1 Å². The summed E-state index contributed by atoms with van der Waals surface area (Å²) >= 11 is 0. The van der Waals surface area contributed by atoms with Crippen LogP contribution in [-0.4, -0.2) is 29.0 Å². The van der Waals surface area contributed by atoms with Crippen LogP contribution in [0.3, 0.4) is 0 Å². The van der Waals surface area contributed by atoms with Crippen molar-refractivity contribution in [2.45, 2.75) is 39.0 Å². The number of aromatic nitrogens is 2. The fourth-order valence-corrected chi connectivity index (χ4v) is 2.74. The Balaban J connectivity index is 1.79. The Morgan fingerprint density at radius 3 is 3.10 bits per heavy atom. The van der Waals surface area contributed by atoms with Crippen LogP contribution in [0.5, 0.6) is 0 Å². The van der Waals surface area contributed by atoms with Gasteiger partial charge >= 0.3 is 0 Å². The van der Waals surface area contributed by atoms with Crippen LogP contribution in [0.15, 0.2) is 17.5 Å². The third kappa shape index (κ3) is 4.78. The molecular weight excluding hydrogens is 264 g/mol. The Labute approximate surface area is 126 Å². The van der Waals surface area contributed by atoms with Gasteiger partial charge in [-0.15, -0.1) is 0 Å². The molecule has 1 heterocycles. The number of nitriles is 1. The Morgan fingerprint density at radius 2 is 2.43 bits per heavy atom. The minimum absolute atomic E-state index is 0.485. The van der Waals surface area contributed by atoms with E-state index in [2.05, 4.69) is 39.4 Å². The molecule has 0 saturated heterocycles. The number of hydrogen-bond acceptors (Lipinski definition) is 3. The van der Waals surface area contributed by atoms with Crippen molar-refractivity contribution in [3.63, 3.8) is 0 Å². The Kier molecular flexibility index (Phi) is 5.61. The zero-order valence-corrected chi connectivity index (χ0v) is 12.8. The van der Waals surface area contributed by atoms with E-state index in [0.717, 1.165) is 19.5 Å². The summed E-state index contributed by atoms with van der Waals surface area (Å²) in [6.07, 6.45) is 9.15. The van der Waals surface area contributed by atoms with E-state index in [9.17, 15) is 0 Å². The molecular formula is C15H24N6. The average Bonchev–Trinajstić information content (AvgIpc) is 3.11. The van der Waals surface area contributed by atoms with Crippen molar-refractivity contribution in [2.24, 2.45) is 16.8 Å². The van der Waals surface area contributed by atoms with Gasteiger partial charge in [0, 0.05) is 30.9 Å². The number of aromatic amines is 1. The molecule has 0 amide bonds. The zero-order chi connectivity index (χ0) is 15.1. The molecule has 1 saturated carbocycles. The third-order valence-electron chi connectivity index (χ3n) is 3.85. The summed E-state index contributed by atoms with van der Waals surface area (Å²) in [6.45, 7) is 5.80. The summed E-state index contributed by atoms with van der Waals surface area (Å²) in [5.74, 6) is 2.28. The standard InChI is InChI=1S/C15H24N6/c1-11(2)6-18-15(20-9-16)19-7-12-3-4-13(5-12)14-8-17-10-21-14/h8,10-13H,3-7H2,1-2H3,(H,17,21)(H2,18,19,20)/t12-,13+/m1/s1. The molecule has 0 spiro atoms. The molecule has 1 aliphatic rings. The molecule has 21 heavy (non-hydrogen) atoms. The number of guanidine groups is 1. The SMILES string of the molecule is CC(C)CN=C(NC#N)NC[C@@H]1CC[C@H](c2cnc[nH]2)C1. The van der Waals surface area contributed by atoms with E-state index in [4.69, 9.17) is 5.26 Å². The van der Waals surface area contributed by atoms with Crippen LogP contribution < -0.4 is 10.6 Å². The van der Waals surface area contributed by atoms with Crippen molar-refractivity contribution in [1.82, 2.24) is 20.6 Å². The number of imidazole rings is 1. The lowest BCUT2D eigenvalue weighted by Crippen LogP contribution is -2.37. The number of nitrogens with zero attached hydrogens (tertiary/aromatic N) is 3. The maximum atomic E-state index is 8.77. The van der Waals surface area contributed by atoms with E-state index in [1.807, 2.05) is 12.4 Å². The van der Waals surface area contributed by atoms with Crippen molar-refractivity contribution < 1.29 is 0 Å². The molecule has 6 heteroatoms. The second kappa shape index (κ2) is 7.67. The fourth-order valence-electron chi connectivity index (χ4n) is 2.74. The average molecular weight is 288 g/mol. The zero-order valence-electron chi connectivity index (χ0n) is 12.8. The largest absolute Gasteiger partial charge is 0.355 e. The van der Waals surface area contributed by atoms with E-state index in [0.29, 0.717) is 23.7 Å². The minimum Gasteiger partial charge on any atom is -0.355 e. The van der Waals surface area contributed by atoms with Gasteiger partial charge in [0.05, 0.1) is 6.33 Å². The first kappa shape index (κ1) is 15.4. The number of H-pyrrole nitrogens is 1. The summed E-state index contributed by atoms with van der Waals surface area (Å²) in [6, 6.07) is 0. The van der Waals surface area contributed by atoms with Gasteiger partial charge in [-0.25, -0.2) is 4.98 Å². The van der Waals surface area contributed by atoms with Crippen LogP contribution in [0, 0.1) is 23.3 Å². The first-order valence-corrected chi connectivity index (χ1v) is 7.60. The highest BCUT2D eigenvalue weighted by atomic mass is 15.2. The van der Waals surface area contributed by atoms with Gasteiger partial charge in [-0.3, -0.25) is 10.3 Å². The lowest BCUT2D eigenvalue weighted by atomic mass is 10.0. The molecule has 1 aromatic rings. The van der Waals surface area contributed by atoms with Gasteiger partial charge in [-0.1, -0.05) is 13.8 Å². The van der Waals surface area contributed by atoms with E-state index < -0.39 is 0 Å². The molecule has 0 bridgehead atoms. The van der Waals surface area contributed by atoms with Crippen molar-refractivity contribution in [1.29, 1.82) is 5.26 Å². The number of aliphatic imine (C=N–C) groups is 1. The molecule has 0 aromatic carbocycles. The molecule has 0 aliphatic heterocycles. The summed E-state index contributed by atoms with van der Waals surface area (Å²) in [5, 5.41) is 14.7. The molecule has 0 unspecified atom stereocenters. The van der Waals surface area contributed by atoms with Gasteiger partial charge in [0.25, 0.3) is 0 Å². The second-order valence-corrected chi connectivity index (χ2v) is 6.08. The number of hydrogen-bond donors (Lipinski definition) is 3. The molecule has 1 fully saturated rings. The fraction of sp³-hybridized carbons (Fsp3) is 0.667. The van der Waals surface area contributed by atoms with Crippen LogP contribution in [-0.2, 0) is 0 Å². The predicted octanol–water partition coefficient (Wildman–Crippen LogP) is 1.97. The number of nitrogens with one attached hydrogen (secondary N) is 3. The van der Waals surface area contributed by atoms with Crippen molar-refractivity contribution in [3.8, 4) is 6.19 Å². The highest BCUT2D eigenvalue weighted by molar-refractivity contribution is 5.81. The maximum Gasteiger partial charge on any atom is 0.204 e. The lowest BCUT2D eigenvalue weighted by molar-refractivity contribution is 0.521. The summed E-state index contributed by atoms with van der Waals surface area (Å²) in [4.78, 5) is 11.7. The summed E-state index contributed by atoms with van der Waals surface area (Å²) in [7, 11) is 0. The Morgan fingerprint density at radius 1 is 1.57 bits per heavy atom. The Hall–Kier alpha value is -2.03. The van der Waals surface area contributed by atoms with Crippen LogP contribution in [0.25, 0.3) is 0 Å². The Bertz CT molecular complexity index is 485. The topological polar surface area (TPSA) is 88.9 Å². The van der Waals surface area contributed by atoms with Gasteiger partial charge in [0.1, 0.15) is 0 Å². The summed E-state index contributed by atoms with van der Waals surface area (Å²) in [5.41, 5.74) is 1.24. The van der Waals surface area contributed by atoms with Crippen LogP contribution in [0.4, 0.5) is 0 Å². The van der Waals surface area contributed by atoms with E-state index in [1.165, 1.54) is 18.5 Å². The van der Waals surface area contributed by atoms with Gasteiger partial charge in [0.15, 0.2) is 6.19 Å². The van der Waals surface area contributed by atoms with Crippen LogP contribution in [0.2, 0.25) is 0 Å². The van der Waals surface area contributed by atoms with Crippen LogP contribution in [0.1, 0.15) is 44.7 Å². The van der Waals surface area contributed by atoms with Crippen molar-refractivity contribution >= 4 is 5.96 Å². The molecule has 114 valence electrons. The normalized spacial score (nSPS) is 22.3.